The van der Waals surface area contributed by atoms with Gasteiger partial charge in [0.15, 0.2) is 0 Å². The Morgan fingerprint density at radius 1 is 1.08 bits per heavy atom. The summed E-state index contributed by atoms with van der Waals surface area (Å²) in [5.41, 5.74) is 3.25. The summed E-state index contributed by atoms with van der Waals surface area (Å²) in [6.07, 6.45) is -0.368. The van der Waals surface area contributed by atoms with Gasteiger partial charge in [0.1, 0.15) is 5.60 Å². The average molecular weight is 386 g/mol. The van der Waals surface area contributed by atoms with Crippen molar-refractivity contribution in [1.29, 1.82) is 0 Å². The first-order valence-corrected chi connectivity index (χ1v) is 8.65. The van der Waals surface area contributed by atoms with Crippen LogP contribution in [0, 0.1) is 6.92 Å². The Morgan fingerprint density at radius 2 is 1.83 bits per heavy atom. The Labute approximate surface area is 150 Å². The first kappa shape index (κ1) is 16.8. The predicted molar refractivity (Wildman–Crippen MR) is 101 cm³/mol. The molecule has 1 aromatic heterocycles. The number of benzene rings is 2. The number of hydrogen-bond donors (Lipinski definition) is 0. The van der Waals surface area contributed by atoms with Gasteiger partial charge in [0.05, 0.1) is 11.2 Å². The van der Waals surface area contributed by atoms with E-state index in [9.17, 15) is 4.79 Å². The largest absolute Gasteiger partial charge is 0.443 e. The number of aryl methyl sites for hydroxylation is 1. The zero-order valence-electron chi connectivity index (χ0n) is 14.3. The molecule has 0 fully saturated rings. The van der Waals surface area contributed by atoms with Gasteiger partial charge < -0.3 is 4.74 Å². The summed E-state index contributed by atoms with van der Waals surface area (Å²) in [6, 6.07) is 16.1. The number of hydrogen-bond acceptors (Lipinski definition) is 2. The predicted octanol–water partition coefficient (Wildman–Crippen LogP) is 6.16. The summed E-state index contributed by atoms with van der Waals surface area (Å²) in [7, 11) is 0. The summed E-state index contributed by atoms with van der Waals surface area (Å²) in [6.45, 7) is 7.66. The molecule has 124 valence electrons. The van der Waals surface area contributed by atoms with Gasteiger partial charge in [-0.15, -0.1) is 0 Å². The van der Waals surface area contributed by atoms with E-state index in [-0.39, 0.29) is 6.09 Å². The van der Waals surface area contributed by atoms with E-state index >= 15 is 0 Å². The molecule has 3 aromatic rings. The van der Waals surface area contributed by atoms with Crippen molar-refractivity contribution in [1.82, 2.24) is 4.57 Å². The summed E-state index contributed by atoms with van der Waals surface area (Å²) in [5.74, 6) is 0. The SMILES string of the molecule is Cc1cccc(-c2cc3ccc(Br)cc3n2C(=O)OC(C)(C)C)c1. The van der Waals surface area contributed by atoms with Crippen molar-refractivity contribution in [3.63, 3.8) is 0 Å². The zero-order chi connectivity index (χ0) is 17.5. The van der Waals surface area contributed by atoms with Crippen LogP contribution in [0.3, 0.4) is 0 Å². The van der Waals surface area contributed by atoms with Crippen LogP contribution in [0.15, 0.2) is 53.0 Å². The Bertz CT molecular complexity index is 919. The van der Waals surface area contributed by atoms with Gasteiger partial charge in [-0.2, -0.15) is 0 Å². The minimum atomic E-state index is -0.552. The van der Waals surface area contributed by atoms with Crippen molar-refractivity contribution < 1.29 is 9.53 Å². The quantitative estimate of drug-likeness (QED) is 0.501. The number of aromatic nitrogens is 1. The molecule has 0 spiro atoms. The van der Waals surface area contributed by atoms with Crippen LogP contribution < -0.4 is 0 Å². The zero-order valence-corrected chi connectivity index (χ0v) is 15.8. The van der Waals surface area contributed by atoms with Crippen LogP contribution in [0.25, 0.3) is 22.2 Å². The minimum Gasteiger partial charge on any atom is -0.443 e. The Balaban J connectivity index is 2.25. The molecule has 24 heavy (non-hydrogen) atoms. The maximum absolute atomic E-state index is 12.9. The van der Waals surface area contributed by atoms with Gasteiger partial charge in [0.25, 0.3) is 0 Å². The van der Waals surface area contributed by atoms with Crippen molar-refractivity contribution in [2.45, 2.75) is 33.3 Å². The highest BCUT2D eigenvalue weighted by atomic mass is 79.9. The molecule has 0 N–H and O–H groups in total. The van der Waals surface area contributed by atoms with Crippen molar-refractivity contribution in [3.05, 3.63) is 58.6 Å². The van der Waals surface area contributed by atoms with E-state index in [0.717, 1.165) is 32.2 Å². The van der Waals surface area contributed by atoms with E-state index < -0.39 is 5.60 Å². The maximum Gasteiger partial charge on any atom is 0.419 e. The average Bonchev–Trinajstić information content (AvgIpc) is 2.84. The lowest BCUT2D eigenvalue weighted by molar-refractivity contribution is 0.0547. The second-order valence-electron chi connectivity index (χ2n) is 6.92. The van der Waals surface area contributed by atoms with Crippen LogP contribution in [-0.4, -0.2) is 16.3 Å². The van der Waals surface area contributed by atoms with Crippen molar-refractivity contribution >= 4 is 32.9 Å². The number of carbonyl (C=O) groups is 1. The van der Waals surface area contributed by atoms with Crippen LogP contribution in [-0.2, 0) is 4.74 Å². The molecule has 0 saturated heterocycles. The number of fused-ring (bicyclic) bond motifs is 1. The first-order valence-electron chi connectivity index (χ1n) is 7.86. The minimum absolute atomic E-state index is 0.368. The van der Waals surface area contributed by atoms with Crippen LogP contribution in [0.5, 0.6) is 0 Å². The Kier molecular flexibility index (Phi) is 4.26. The van der Waals surface area contributed by atoms with Gasteiger partial charge in [0.2, 0.25) is 0 Å². The Hall–Kier alpha value is -2.07. The van der Waals surface area contributed by atoms with E-state index in [2.05, 4.69) is 22.0 Å². The summed E-state index contributed by atoms with van der Waals surface area (Å²) >= 11 is 3.49. The number of carbonyl (C=O) groups excluding carboxylic acids is 1. The topological polar surface area (TPSA) is 31.2 Å². The van der Waals surface area contributed by atoms with Gasteiger partial charge in [-0.05, 0) is 57.5 Å². The normalized spacial score (nSPS) is 11.7. The summed E-state index contributed by atoms with van der Waals surface area (Å²) < 4.78 is 8.21. The highest BCUT2D eigenvalue weighted by Crippen LogP contribution is 2.31. The fourth-order valence-corrected chi connectivity index (χ4v) is 3.04. The van der Waals surface area contributed by atoms with E-state index in [1.165, 1.54) is 0 Å². The number of halogens is 1. The molecule has 0 aliphatic carbocycles. The molecule has 3 nitrogen and oxygen atoms in total. The van der Waals surface area contributed by atoms with Crippen LogP contribution in [0.4, 0.5) is 4.79 Å². The van der Waals surface area contributed by atoms with E-state index in [4.69, 9.17) is 4.74 Å². The standard InChI is InChI=1S/C20H20BrNO2/c1-13-6-5-7-14(10-13)17-11-15-8-9-16(21)12-18(15)22(17)19(23)24-20(2,3)4/h5-12H,1-4H3. The second-order valence-corrected chi connectivity index (χ2v) is 7.83. The number of ether oxygens (including phenoxy) is 1. The molecular weight excluding hydrogens is 366 g/mol. The van der Waals surface area contributed by atoms with Crippen molar-refractivity contribution in [3.8, 4) is 11.3 Å². The smallest absolute Gasteiger partial charge is 0.419 e. The molecule has 0 unspecified atom stereocenters. The molecule has 0 atom stereocenters. The molecule has 0 amide bonds. The highest BCUT2D eigenvalue weighted by Gasteiger charge is 2.23. The monoisotopic (exact) mass is 385 g/mol. The van der Waals surface area contributed by atoms with Gasteiger partial charge >= 0.3 is 6.09 Å². The third-order valence-electron chi connectivity index (χ3n) is 3.66. The molecular formula is C20H20BrNO2. The maximum atomic E-state index is 12.9. The molecule has 2 aromatic carbocycles. The lowest BCUT2D eigenvalue weighted by Crippen LogP contribution is -2.27. The third-order valence-corrected chi connectivity index (χ3v) is 4.15. The van der Waals surface area contributed by atoms with Crippen molar-refractivity contribution in [2.24, 2.45) is 0 Å². The molecule has 3 rings (SSSR count). The molecule has 0 saturated carbocycles. The van der Waals surface area contributed by atoms with Gasteiger partial charge in [-0.3, -0.25) is 0 Å². The highest BCUT2D eigenvalue weighted by molar-refractivity contribution is 9.10. The lowest BCUT2D eigenvalue weighted by Gasteiger charge is -2.21. The van der Waals surface area contributed by atoms with E-state index in [1.54, 1.807) is 4.57 Å². The molecule has 0 aliphatic heterocycles. The lowest BCUT2D eigenvalue weighted by atomic mass is 10.1. The van der Waals surface area contributed by atoms with Crippen molar-refractivity contribution in [2.75, 3.05) is 0 Å². The second kappa shape index (κ2) is 6.10. The van der Waals surface area contributed by atoms with Gasteiger partial charge in [-0.1, -0.05) is 45.8 Å². The third kappa shape index (κ3) is 3.39. The molecule has 0 aliphatic rings. The fraction of sp³-hybridized carbons (Fsp3) is 0.250. The fourth-order valence-electron chi connectivity index (χ4n) is 2.70. The molecule has 1 heterocycles. The van der Waals surface area contributed by atoms with Crippen LogP contribution in [0.2, 0.25) is 0 Å². The van der Waals surface area contributed by atoms with Crippen LogP contribution >= 0.6 is 15.9 Å². The first-order chi connectivity index (χ1) is 11.2. The molecule has 0 bridgehead atoms. The Morgan fingerprint density at radius 3 is 2.50 bits per heavy atom. The van der Waals surface area contributed by atoms with E-state index in [1.807, 2.05) is 70.2 Å². The molecule has 0 radical (unpaired) electrons. The number of nitrogens with zero attached hydrogens (tertiary/aromatic N) is 1. The van der Waals surface area contributed by atoms with Gasteiger partial charge in [-0.25, -0.2) is 9.36 Å². The van der Waals surface area contributed by atoms with Gasteiger partial charge in [0, 0.05) is 9.86 Å². The van der Waals surface area contributed by atoms with E-state index in [0.29, 0.717) is 0 Å². The summed E-state index contributed by atoms with van der Waals surface area (Å²) in [4.78, 5) is 12.9. The van der Waals surface area contributed by atoms with Crippen LogP contribution in [0.1, 0.15) is 26.3 Å². The summed E-state index contributed by atoms with van der Waals surface area (Å²) in [5, 5.41) is 1.00. The number of rotatable bonds is 1. The molecule has 4 heteroatoms.